The number of aliphatic carboxylic acids is 1. The van der Waals surface area contributed by atoms with Crippen LogP contribution in [0.2, 0.25) is 0 Å². The molecule has 482 valence electrons. The molecule has 85 heavy (non-hydrogen) atoms. The van der Waals surface area contributed by atoms with Gasteiger partial charge in [0.1, 0.15) is 18.8 Å². The fourth-order valence-corrected chi connectivity index (χ4v) is 9.37. The van der Waals surface area contributed by atoms with E-state index in [-0.39, 0.29) is 25.9 Å². The number of carbonyl (C=O) groups excluding carboxylic acids is 3. The fraction of sp³-hybridized carbons (Fsp3) is 0.671. The topological polar surface area (TPSA) is 175 Å². The van der Waals surface area contributed by atoms with Gasteiger partial charge in [-0.2, -0.15) is 0 Å². The SMILES string of the molecule is CC/C=C\C/C=C\C/C=C\C/C=C\C/C=C\CCCCCC(=O)OC1C(OCC(COC(=O)CCCCCCCC/C=C\C/C=C\C/C=C\CCCCC)OC(=O)CCCCCCCCC/C=C\C/C=C\CCCCC)OC(C(=O)O)C(O)C1O. The lowest BCUT2D eigenvalue weighted by Gasteiger charge is -2.40. The van der Waals surface area contributed by atoms with Gasteiger partial charge >= 0.3 is 23.9 Å². The van der Waals surface area contributed by atoms with E-state index < -0.39 is 67.3 Å². The molecular weight excluding hydrogens is 1070 g/mol. The Kier molecular flexibility index (Phi) is 54.6. The minimum Gasteiger partial charge on any atom is -0.479 e. The fourth-order valence-electron chi connectivity index (χ4n) is 9.37. The minimum absolute atomic E-state index is 0.0132. The molecule has 0 aromatic heterocycles. The van der Waals surface area contributed by atoms with Gasteiger partial charge in [-0.05, 0) is 135 Å². The molecule has 1 rings (SSSR count). The number of hydrogen-bond acceptors (Lipinski definition) is 11. The summed E-state index contributed by atoms with van der Waals surface area (Å²) in [6.07, 6.45) is 70.0. The Labute approximate surface area is 516 Å². The molecule has 1 fully saturated rings. The van der Waals surface area contributed by atoms with Crippen LogP contribution < -0.4 is 0 Å². The summed E-state index contributed by atoms with van der Waals surface area (Å²) in [4.78, 5) is 51.4. The Morgan fingerprint density at radius 1 is 0.400 bits per heavy atom. The molecule has 1 heterocycles. The third-order valence-corrected chi connectivity index (χ3v) is 14.5. The number of hydrogen-bond donors (Lipinski definition) is 3. The van der Waals surface area contributed by atoms with Gasteiger partial charge in [0, 0.05) is 19.3 Å². The van der Waals surface area contributed by atoms with Gasteiger partial charge in [0.15, 0.2) is 24.6 Å². The van der Waals surface area contributed by atoms with E-state index in [4.69, 9.17) is 23.7 Å². The van der Waals surface area contributed by atoms with Crippen LogP contribution in [-0.2, 0) is 42.9 Å². The van der Waals surface area contributed by atoms with Crippen molar-refractivity contribution in [3.05, 3.63) is 122 Å². The predicted molar refractivity (Wildman–Crippen MR) is 349 cm³/mol. The van der Waals surface area contributed by atoms with Gasteiger partial charge in [-0.25, -0.2) is 4.79 Å². The van der Waals surface area contributed by atoms with Crippen molar-refractivity contribution in [2.45, 2.75) is 302 Å². The lowest BCUT2D eigenvalue weighted by molar-refractivity contribution is -0.301. The molecular formula is C73H118O12. The Balaban J connectivity index is 2.70. The molecule has 12 nitrogen and oxygen atoms in total. The van der Waals surface area contributed by atoms with Crippen LogP contribution in [-0.4, -0.2) is 89.2 Å². The highest BCUT2D eigenvalue weighted by Crippen LogP contribution is 2.26. The van der Waals surface area contributed by atoms with Crippen LogP contribution in [0.15, 0.2) is 122 Å². The van der Waals surface area contributed by atoms with E-state index in [1.165, 1.54) is 44.9 Å². The van der Waals surface area contributed by atoms with Crippen LogP contribution in [0.25, 0.3) is 0 Å². The summed E-state index contributed by atoms with van der Waals surface area (Å²) >= 11 is 0. The van der Waals surface area contributed by atoms with E-state index >= 15 is 0 Å². The van der Waals surface area contributed by atoms with Crippen molar-refractivity contribution in [3.63, 3.8) is 0 Å². The smallest absolute Gasteiger partial charge is 0.335 e. The molecule has 1 aliphatic rings. The largest absolute Gasteiger partial charge is 0.479 e. The molecule has 0 aliphatic carbocycles. The maximum absolute atomic E-state index is 13.2. The van der Waals surface area contributed by atoms with Gasteiger partial charge in [-0.3, -0.25) is 14.4 Å². The van der Waals surface area contributed by atoms with Crippen LogP contribution >= 0.6 is 0 Å². The number of carboxylic acid groups (broad SMARTS) is 1. The maximum atomic E-state index is 13.2. The van der Waals surface area contributed by atoms with Crippen molar-refractivity contribution < 1.29 is 58.2 Å². The molecule has 0 radical (unpaired) electrons. The molecule has 3 N–H and O–H groups in total. The monoisotopic (exact) mass is 1190 g/mol. The highest BCUT2D eigenvalue weighted by molar-refractivity contribution is 5.74. The summed E-state index contributed by atoms with van der Waals surface area (Å²) in [6, 6.07) is 0. The first kappa shape index (κ1) is 78.1. The normalized spacial score (nSPS) is 18.2. The zero-order chi connectivity index (χ0) is 61.7. The summed E-state index contributed by atoms with van der Waals surface area (Å²) in [5.74, 6) is -3.20. The van der Waals surface area contributed by atoms with Gasteiger partial charge in [-0.1, -0.05) is 232 Å². The first-order valence-electron chi connectivity index (χ1n) is 33.5. The molecule has 6 unspecified atom stereocenters. The molecule has 0 spiro atoms. The standard InChI is InChI=1S/C73H118O12/c1-4-7-10-13-16-19-22-25-28-31-33-36-38-41-44-47-50-53-56-59-65(74)81-62-64(83-66(75)60-57-54-51-48-45-42-39-35-30-27-24-21-18-15-12-9-6-3)63-82-73-71(69(78)68(77)70(85-73)72(79)80)84-67(76)61-58-55-52-49-46-43-40-37-34-32-29-26-23-20-17-14-11-8-5-2/h8,11,16-21,25-30,33-34,36-37,43,46,64,68-71,73,77-78H,4-7,9-10,12-15,22-24,31-32,35,38-42,44-45,47-63H2,1-3H3,(H,79,80)/b11-8-,19-16-,20-17-,21-18-,28-25-,29-26-,30-27-,36-33-,37-34-,46-43-. The van der Waals surface area contributed by atoms with Gasteiger partial charge in [0.05, 0.1) is 6.61 Å². The van der Waals surface area contributed by atoms with E-state index in [1.54, 1.807) is 0 Å². The Hall–Kier alpha value is -4.88. The number of carboxylic acids is 1. The van der Waals surface area contributed by atoms with Gasteiger partial charge in [0.25, 0.3) is 0 Å². The van der Waals surface area contributed by atoms with E-state index in [1.807, 2.05) is 0 Å². The van der Waals surface area contributed by atoms with Crippen molar-refractivity contribution in [2.24, 2.45) is 0 Å². The minimum atomic E-state index is -1.93. The van der Waals surface area contributed by atoms with Gasteiger partial charge in [0.2, 0.25) is 0 Å². The second kappa shape index (κ2) is 59.5. The molecule has 1 aliphatic heterocycles. The first-order chi connectivity index (χ1) is 41.6. The molecule has 0 aromatic carbocycles. The van der Waals surface area contributed by atoms with Gasteiger partial charge in [-0.15, -0.1) is 0 Å². The number of ether oxygens (including phenoxy) is 5. The van der Waals surface area contributed by atoms with E-state index in [2.05, 4.69) is 142 Å². The maximum Gasteiger partial charge on any atom is 0.335 e. The van der Waals surface area contributed by atoms with Crippen LogP contribution in [0, 0.1) is 0 Å². The highest BCUT2D eigenvalue weighted by Gasteiger charge is 2.50. The van der Waals surface area contributed by atoms with E-state index in [9.17, 15) is 34.5 Å². The zero-order valence-corrected chi connectivity index (χ0v) is 53.3. The molecule has 1 saturated heterocycles. The molecule has 0 bridgehead atoms. The van der Waals surface area contributed by atoms with E-state index in [0.717, 1.165) is 161 Å². The summed E-state index contributed by atoms with van der Waals surface area (Å²) in [7, 11) is 0. The average molecular weight is 1190 g/mol. The van der Waals surface area contributed by atoms with Crippen LogP contribution in [0.5, 0.6) is 0 Å². The zero-order valence-electron chi connectivity index (χ0n) is 53.3. The van der Waals surface area contributed by atoms with Crippen molar-refractivity contribution in [1.29, 1.82) is 0 Å². The highest BCUT2D eigenvalue weighted by atomic mass is 16.7. The Morgan fingerprint density at radius 2 is 0.741 bits per heavy atom. The van der Waals surface area contributed by atoms with Crippen LogP contribution in [0.1, 0.15) is 265 Å². The number of aliphatic hydroxyl groups is 2. The second-order valence-corrected chi connectivity index (χ2v) is 22.4. The predicted octanol–water partition coefficient (Wildman–Crippen LogP) is 18.3. The quantitative estimate of drug-likeness (QED) is 0.0228. The number of unbranched alkanes of at least 4 members (excludes halogenated alkanes) is 22. The molecule has 6 atom stereocenters. The van der Waals surface area contributed by atoms with Crippen molar-refractivity contribution >= 4 is 23.9 Å². The number of carbonyl (C=O) groups is 4. The van der Waals surface area contributed by atoms with Crippen molar-refractivity contribution in [1.82, 2.24) is 0 Å². The molecule has 0 amide bonds. The third kappa shape index (κ3) is 48.9. The summed E-state index contributed by atoms with van der Waals surface area (Å²) < 4.78 is 28.5. The number of allylic oxidation sites excluding steroid dienone is 20. The Bertz CT molecular complexity index is 1940. The second-order valence-electron chi connectivity index (χ2n) is 22.4. The summed E-state index contributed by atoms with van der Waals surface area (Å²) in [5, 5.41) is 31.6. The third-order valence-electron chi connectivity index (χ3n) is 14.5. The summed E-state index contributed by atoms with van der Waals surface area (Å²) in [6.45, 7) is 5.82. The Morgan fingerprint density at radius 3 is 1.14 bits per heavy atom. The number of rotatable bonds is 56. The van der Waals surface area contributed by atoms with Gasteiger partial charge < -0.3 is 39.0 Å². The molecule has 0 aromatic rings. The van der Waals surface area contributed by atoms with Crippen LogP contribution in [0.4, 0.5) is 0 Å². The lowest BCUT2D eigenvalue weighted by Crippen LogP contribution is -2.61. The number of esters is 3. The van der Waals surface area contributed by atoms with E-state index in [0.29, 0.717) is 19.3 Å². The average Bonchev–Trinajstić information content (AvgIpc) is 2.79. The van der Waals surface area contributed by atoms with Crippen LogP contribution in [0.3, 0.4) is 0 Å². The first-order valence-corrected chi connectivity index (χ1v) is 33.5. The van der Waals surface area contributed by atoms with Crippen molar-refractivity contribution in [3.8, 4) is 0 Å². The summed E-state index contributed by atoms with van der Waals surface area (Å²) in [5.41, 5.74) is 0. The molecule has 12 heteroatoms. The molecule has 0 saturated carbocycles. The lowest BCUT2D eigenvalue weighted by atomic mass is 9.98. The number of aliphatic hydroxyl groups excluding tert-OH is 2. The van der Waals surface area contributed by atoms with Crippen molar-refractivity contribution in [2.75, 3.05) is 13.2 Å².